The lowest BCUT2D eigenvalue weighted by Crippen LogP contribution is -2.56. The molecular weight excluding hydrogens is 281 g/mol. The van der Waals surface area contributed by atoms with Gasteiger partial charge < -0.3 is 0 Å². The minimum Gasteiger partial charge on any atom is -0.199 e. The van der Waals surface area contributed by atoms with Gasteiger partial charge in [-0.1, -0.05) is 0 Å². The largest absolute Gasteiger partial charge is 0.385 e. The molecule has 0 unspecified atom stereocenters. The van der Waals surface area contributed by atoms with E-state index in [2.05, 4.69) is 0 Å². The van der Waals surface area contributed by atoms with Gasteiger partial charge in [0.15, 0.2) is 0 Å². The second-order valence-electron chi connectivity index (χ2n) is 2.56. The molecule has 0 aromatic heterocycles. The van der Waals surface area contributed by atoms with Gasteiger partial charge in [0.2, 0.25) is 5.83 Å². The molecule has 17 heavy (non-hydrogen) atoms. The normalized spacial score (nSPS) is 14.1. The first kappa shape index (κ1) is 16.0. The van der Waals surface area contributed by atoms with Gasteiger partial charge in [-0.3, -0.25) is 0 Å². The Balaban J connectivity index is 5.70. The molecule has 0 rings (SSSR count). The standard InChI is InChI=1S/C6F11/c7-1(2(8)9)4(12,13)6(16,17)5(14,15)3(10)11. The van der Waals surface area contributed by atoms with Crippen molar-refractivity contribution in [3.63, 3.8) is 0 Å². The van der Waals surface area contributed by atoms with Gasteiger partial charge in [0.25, 0.3) is 0 Å². The van der Waals surface area contributed by atoms with Gasteiger partial charge in [0.1, 0.15) is 0 Å². The topological polar surface area (TPSA) is 0 Å². The van der Waals surface area contributed by atoms with E-state index in [9.17, 15) is 48.3 Å². The molecule has 101 valence electrons. The highest BCUT2D eigenvalue weighted by Crippen LogP contribution is 2.54. The predicted molar refractivity (Wildman–Crippen MR) is 30.7 cm³/mol. The fourth-order valence-corrected chi connectivity index (χ4v) is 0.572. The Morgan fingerprint density at radius 3 is 1.18 bits per heavy atom. The molecular formula is C6F11. The zero-order chi connectivity index (χ0) is 14.2. The maximum Gasteiger partial charge on any atom is 0.385 e. The van der Waals surface area contributed by atoms with Crippen molar-refractivity contribution in [2.24, 2.45) is 0 Å². The molecule has 0 fully saturated rings. The number of halogens is 11. The van der Waals surface area contributed by atoms with Crippen molar-refractivity contribution in [1.82, 2.24) is 0 Å². The number of allylic oxidation sites excluding steroid dienone is 1. The molecule has 1 radical (unpaired) electrons. The fraction of sp³-hybridized carbons (Fsp3) is 0.500. The minimum atomic E-state index is -7.05. The van der Waals surface area contributed by atoms with E-state index in [4.69, 9.17) is 0 Å². The quantitative estimate of drug-likeness (QED) is 0.670. The molecule has 0 atom stereocenters. The third-order valence-corrected chi connectivity index (χ3v) is 1.47. The summed E-state index contributed by atoms with van der Waals surface area (Å²) in [6.45, 7) is 0. The van der Waals surface area contributed by atoms with E-state index in [1.807, 2.05) is 0 Å². The van der Waals surface area contributed by atoms with Gasteiger partial charge in [0.05, 0.1) is 0 Å². The second-order valence-corrected chi connectivity index (χ2v) is 2.56. The van der Waals surface area contributed by atoms with E-state index in [0.29, 0.717) is 0 Å². The number of hydrogen-bond acceptors (Lipinski definition) is 0. The summed E-state index contributed by atoms with van der Waals surface area (Å²) < 4.78 is 130. The van der Waals surface area contributed by atoms with Gasteiger partial charge in [-0.25, -0.2) is 0 Å². The molecule has 0 heterocycles. The van der Waals surface area contributed by atoms with E-state index in [1.54, 1.807) is 0 Å². The average Bonchev–Trinajstić information content (AvgIpc) is 2.15. The molecule has 0 saturated heterocycles. The Hall–Kier alpha value is -1.03. The molecule has 0 N–H and O–H groups in total. The van der Waals surface area contributed by atoms with Crippen molar-refractivity contribution < 1.29 is 48.3 Å². The number of alkyl halides is 6. The lowest BCUT2D eigenvalue weighted by molar-refractivity contribution is -0.310. The maximum atomic E-state index is 12.2. The first-order valence-electron chi connectivity index (χ1n) is 3.33. The third kappa shape index (κ3) is 2.32. The van der Waals surface area contributed by atoms with Crippen molar-refractivity contribution in [2.75, 3.05) is 0 Å². The van der Waals surface area contributed by atoms with Gasteiger partial charge in [0, 0.05) is 0 Å². The molecule has 0 aliphatic rings. The monoisotopic (exact) mass is 281 g/mol. The van der Waals surface area contributed by atoms with Crippen molar-refractivity contribution in [3.05, 3.63) is 18.3 Å². The van der Waals surface area contributed by atoms with Crippen LogP contribution in [0.15, 0.2) is 11.9 Å². The summed E-state index contributed by atoms with van der Waals surface area (Å²) in [5.74, 6) is -24.8. The molecule has 0 amide bonds. The summed E-state index contributed by atoms with van der Waals surface area (Å²) >= 11 is 0. The second kappa shape index (κ2) is 4.33. The molecule has 0 saturated carbocycles. The third-order valence-electron chi connectivity index (χ3n) is 1.47. The summed E-state index contributed by atoms with van der Waals surface area (Å²) in [6, 6.07) is 0. The average molecular weight is 281 g/mol. The van der Waals surface area contributed by atoms with Gasteiger partial charge >= 0.3 is 30.3 Å². The van der Waals surface area contributed by atoms with Crippen LogP contribution in [-0.2, 0) is 0 Å². The van der Waals surface area contributed by atoms with Crippen LogP contribution < -0.4 is 0 Å². The smallest absolute Gasteiger partial charge is 0.199 e. The van der Waals surface area contributed by atoms with Crippen LogP contribution in [0.5, 0.6) is 0 Å². The van der Waals surface area contributed by atoms with Crippen molar-refractivity contribution in [3.8, 4) is 0 Å². The molecule has 0 aromatic carbocycles. The van der Waals surface area contributed by atoms with Crippen LogP contribution in [0.1, 0.15) is 0 Å². The van der Waals surface area contributed by atoms with Crippen LogP contribution >= 0.6 is 0 Å². The Bertz CT molecular complexity index is 310. The molecule has 11 heteroatoms. The van der Waals surface area contributed by atoms with E-state index < -0.39 is 36.1 Å². The van der Waals surface area contributed by atoms with E-state index >= 15 is 0 Å². The Morgan fingerprint density at radius 1 is 0.588 bits per heavy atom. The highest BCUT2D eigenvalue weighted by atomic mass is 19.4. The van der Waals surface area contributed by atoms with Crippen LogP contribution in [0.25, 0.3) is 0 Å². The lowest BCUT2D eigenvalue weighted by atomic mass is 10.0. The first-order valence-corrected chi connectivity index (χ1v) is 3.33. The minimum absolute atomic E-state index is 4.02. The Morgan fingerprint density at radius 2 is 0.941 bits per heavy atom. The predicted octanol–water partition coefficient (Wildman–Crippen LogP) is 4.40. The van der Waals surface area contributed by atoms with Crippen molar-refractivity contribution in [1.29, 1.82) is 0 Å². The highest BCUT2D eigenvalue weighted by Gasteiger charge is 2.78. The van der Waals surface area contributed by atoms with Crippen LogP contribution in [0.4, 0.5) is 48.3 Å². The molecule has 0 bridgehead atoms. The zero-order valence-electron chi connectivity index (χ0n) is 7.16. The first-order chi connectivity index (χ1) is 7.30. The van der Waals surface area contributed by atoms with E-state index in [1.165, 1.54) is 0 Å². The summed E-state index contributed by atoms with van der Waals surface area (Å²) in [6.07, 6.45) is -8.49. The molecule has 0 aliphatic heterocycles. The molecule has 0 aliphatic carbocycles. The summed E-state index contributed by atoms with van der Waals surface area (Å²) in [7, 11) is 0. The van der Waals surface area contributed by atoms with Gasteiger partial charge in [-0.05, 0) is 0 Å². The van der Waals surface area contributed by atoms with Crippen molar-refractivity contribution in [2.45, 2.75) is 17.8 Å². The SMILES string of the molecule is F[C](F)C(F)(F)C(F)(F)C(F)(F)C(F)=C(F)F. The van der Waals surface area contributed by atoms with Crippen LogP contribution in [-0.4, -0.2) is 17.8 Å². The zero-order valence-corrected chi connectivity index (χ0v) is 7.16. The van der Waals surface area contributed by atoms with Gasteiger partial charge in [-0.2, -0.15) is 48.3 Å². The van der Waals surface area contributed by atoms with E-state index in [-0.39, 0.29) is 0 Å². The van der Waals surface area contributed by atoms with E-state index in [0.717, 1.165) is 0 Å². The van der Waals surface area contributed by atoms with Gasteiger partial charge in [-0.15, -0.1) is 0 Å². The highest BCUT2D eigenvalue weighted by molar-refractivity contribution is 5.16. The van der Waals surface area contributed by atoms with Crippen LogP contribution in [0, 0.1) is 6.43 Å². The molecule has 0 spiro atoms. The van der Waals surface area contributed by atoms with Crippen molar-refractivity contribution >= 4 is 0 Å². The Labute approximate surface area is 85.7 Å². The fourth-order valence-electron chi connectivity index (χ4n) is 0.572. The van der Waals surface area contributed by atoms with Crippen LogP contribution in [0.2, 0.25) is 0 Å². The molecule has 0 nitrogen and oxygen atoms in total. The maximum absolute atomic E-state index is 12.2. The summed E-state index contributed by atoms with van der Waals surface area (Å²) in [5, 5.41) is 0. The lowest BCUT2D eigenvalue weighted by Gasteiger charge is -2.30. The molecule has 0 aromatic rings. The summed E-state index contributed by atoms with van der Waals surface area (Å²) in [5.41, 5.74) is 0. The Kier molecular flexibility index (Phi) is 4.07. The summed E-state index contributed by atoms with van der Waals surface area (Å²) in [4.78, 5) is 0. The van der Waals surface area contributed by atoms with Crippen LogP contribution in [0.3, 0.4) is 0 Å². The number of hydrogen-bond donors (Lipinski definition) is 0. The number of rotatable bonds is 4.